The van der Waals surface area contributed by atoms with E-state index in [2.05, 4.69) is 5.32 Å². The summed E-state index contributed by atoms with van der Waals surface area (Å²) >= 11 is 0. The van der Waals surface area contributed by atoms with Crippen LogP contribution in [0.5, 0.6) is 0 Å². The summed E-state index contributed by atoms with van der Waals surface area (Å²) in [5.41, 5.74) is -0.332. The van der Waals surface area contributed by atoms with Gasteiger partial charge in [-0.25, -0.2) is 4.79 Å². The second kappa shape index (κ2) is 5.01. The van der Waals surface area contributed by atoms with Crippen molar-refractivity contribution < 1.29 is 24.2 Å². The van der Waals surface area contributed by atoms with Crippen molar-refractivity contribution in [3.05, 3.63) is 0 Å². The van der Waals surface area contributed by atoms with Crippen LogP contribution in [0.15, 0.2) is 0 Å². The van der Waals surface area contributed by atoms with E-state index in [9.17, 15) is 9.59 Å². The summed E-state index contributed by atoms with van der Waals surface area (Å²) in [5.74, 6) is -1.08. The van der Waals surface area contributed by atoms with Crippen LogP contribution in [-0.4, -0.2) is 48.9 Å². The van der Waals surface area contributed by atoms with Crippen molar-refractivity contribution in [2.45, 2.75) is 30.9 Å². The Labute approximate surface area is 99.3 Å². The molecule has 0 aromatic heterocycles. The molecule has 2 heterocycles. The van der Waals surface area contributed by atoms with Gasteiger partial charge in [0.1, 0.15) is 6.04 Å². The van der Waals surface area contributed by atoms with Crippen LogP contribution < -0.4 is 5.32 Å². The Morgan fingerprint density at radius 1 is 1.53 bits per heavy atom. The molecule has 96 valence electrons. The van der Waals surface area contributed by atoms with Crippen LogP contribution in [0.2, 0.25) is 0 Å². The van der Waals surface area contributed by atoms with Gasteiger partial charge in [-0.3, -0.25) is 4.79 Å². The molecule has 0 bridgehead atoms. The third-order valence-electron chi connectivity index (χ3n) is 3.58. The summed E-state index contributed by atoms with van der Waals surface area (Å²) in [7, 11) is 0. The summed E-state index contributed by atoms with van der Waals surface area (Å²) in [6.07, 6.45) is 2.54. The average molecular weight is 243 g/mol. The van der Waals surface area contributed by atoms with E-state index in [1.54, 1.807) is 0 Å². The number of carboxylic acid groups (broad SMARTS) is 1. The normalized spacial score (nSPS) is 34.5. The smallest absolute Gasteiger partial charge is 0.326 e. The lowest BCUT2D eigenvalue weighted by Crippen LogP contribution is -2.50. The van der Waals surface area contributed by atoms with E-state index in [4.69, 9.17) is 14.6 Å². The topological polar surface area (TPSA) is 84.9 Å². The Bertz CT molecular complexity index is 300. The Morgan fingerprint density at radius 3 is 2.94 bits per heavy atom. The zero-order chi connectivity index (χ0) is 12.3. The minimum absolute atomic E-state index is 0.0897. The van der Waals surface area contributed by atoms with Crippen molar-refractivity contribution in [2.75, 3.05) is 19.8 Å². The Hall–Kier alpha value is -1.14. The van der Waals surface area contributed by atoms with Crippen LogP contribution in [0.1, 0.15) is 19.3 Å². The fraction of sp³-hybridized carbons (Fsp3) is 0.818. The monoisotopic (exact) mass is 243 g/mol. The third kappa shape index (κ3) is 2.58. The molecule has 2 aliphatic heterocycles. The lowest BCUT2D eigenvalue weighted by atomic mass is 9.81. The van der Waals surface area contributed by atoms with Gasteiger partial charge in [0, 0.05) is 19.6 Å². The SMILES string of the molecule is O=CNC(C(=O)O)C1CCOC2(CCOC2)C1. The third-order valence-corrected chi connectivity index (χ3v) is 3.58. The van der Waals surface area contributed by atoms with Crippen molar-refractivity contribution in [2.24, 2.45) is 5.92 Å². The van der Waals surface area contributed by atoms with Gasteiger partial charge in [0.05, 0.1) is 12.2 Å². The number of carboxylic acids is 1. The molecule has 6 heteroatoms. The minimum atomic E-state index is -0.988. The maximum absolute atomic E-state index is 11.1. The molecule has 0 aliphatic carbocycles. The lowest BCUT2D eigenvalue weighted by molar-refractivity contribution is -0.147. The quantitative estimate of drug-likeness (QED) is 0.666. The van der Waals surface area contributed by atoms with E-state index in [1.807, 2.05) is 0 Å². The van der Waals surface area contributed by atoms with Crippen molar-refractivity contribution in [3.63, 3.8) is 0 Å². The summed E-state index contributed by atoms with van der Waals surface area (Å²) < 4.78 is 11.1. The van der Waals surface area contributed by atoms with Gasteiger partial charge < -0.3 is 19.9 Å². The van der Waals surface area contributed by atoms with Crippen LogP contribution in [-0.2, 0) is 19.1 Å². The maximum Gasteiger partial charge on any atom is 0.326 e. The summed E-state index contributed by atoms with van der Waals surface area (Å²) in [6.45, 7) is 1.71. The predicted molar refractivity (Wildman–Crippen MR) is 57.5 cm³/mol. The maximum atomic E-state index is 11.1. The van der Waals surface area contributed by atoms with Gasteiger partial charge in [0.15, 0.2) is 0 Å². The van der Waals surface area contributed by atoms with Gasteiger partial charge in [-0.15, -0.1) is 0 Å². The standard InChI is InChI=1S/C11H17NO5/c13-7-12-9(10(14)15)8-1-3-17-11(5-8)2-4-16-6-11/h7-9H,1-6H2,(H,12,13)(H,14,15). The van der Waals surface area contributed by atoms with Crippen molar-refractivity contribution >= 4 is 12.4 Å². The van der Waals surface area contributed by atoms with E-state index in [0.29, 0.717) is 39.1 Å². The summed E-state index contributed by atoms with van der Waals surface area (Å²) in [6, 6.07) is -0.825. The van der Waals surface area contributed by atoms with Crippen LogP contribution in [0, 0.1) is 5.92 Å². The van der Waals surface area contributed by atoms with Gasteiger partial charge in [-0.1, -0.05) is 0 Å². The predicted octanol–water partition coefficient (Wildman–Crippen LogP) is -0.229. The molecule has 0 aromatic carbocycles. The molecule has 3 unspecified atom stereocenters. The molecule has 17 heavy (non-hydrogen) atoms. The highest BCUT2D eigenvalue weighted by Gasteiger charge is 2.44. The first-order chi connectivity index (χ1) is 8.17. The molecule has 2 N–H and O–H groups in total. The van der Waals surface area contributed by atoms with E-state index in [0.717, 1.165) is 6.42 Å². The summed E-state index contributed by atoms with van der Waals surface area (Å²) in [5, 5.41) is 11.5. The first kappa shape index (κ1) is 12.3. The molecule has 0 saturated carbocycles. The second-order valence-electron chi connectivity index (χ2n) is 4.69. The molecule has 1 spiro atoms. The van der Waals surface area contributed by atoms with E-state index < -0.39 is 12.0 Å². The van der Waals surface area contributed by atoms with Crippen molar-refractivity contribution in [3.8, 4) is 0 Å². The highest BCUT2D eigenvalue weighted by molar-refractivity contribution is 5.76. The zero-order valence-electron chi connectivity index (χ0n) is 9.55. The number of amides is 1. The Morgan fingerprint density at radius 2 is 2.35 bits per heavy atom. The van der Waals surface area contributed by atoms with Crippen LogP contribution in [0.25, 0.3) is 0 Å². The minimum Gasteiger partial charge on any atom is -0.480 e. The average Bonchev–Trinajstić information content (AvgIpc) is 2.73. The van der Waals surface area contributed by atoms with E-state index in [-0.39, 0.29) is 11.5 Å². The lowest BCUT2D eigenvalue weighted by Gasteiger charge is -2.38. The van der Waals surface area contributed by atoms with Gasteiger partial charge in [-0.2, -0.15) is 0 Å². The molecule has 3 atom stereocenters. The Kier molecular flexibility index (Phi) is 3.63. The van der Waals surface area contributed by atoms with Crippen LogP contribution >= 0.6 is 0 Å². The van der Waals surface area contributed by atoms with Gasteiger partial charge in [-0.05, 0) is 18.8 Å². The van der Waals surface area contributed by atoms with Crippen LogP contribution in [0.4, 0.5) is 0 Å². The first-order valence-electron chi connectivity index (χ1n) is 5.81. The van der Waals surface area contributed by atoms with Crippen molar-refractivity contribution in [1.82, 2.24) is 5.32 Å². The molecule has 0 aromatic rings. The number of aliphatic carboxylic acids is 1. The molecule has 2 rings (SSSR count). The molecule has 0 radical (unpaired) electrons. The highest BCUT2D eigenvalue weighted by Crippen LogP contribution is 2.37. The largest absolute Gasteiger partial charge is 0.480 e. The second-order valence-corrected chi connectivity index (χ2v) is 4.69. The summed E-state index contributed by atoms with van der Waals surface area (Å²) in [4.78, 5) is 21.5. The van der Waals surface area contributed by atoms with Gasteiger partial charge in [0.25, 0.3) is 0 Å². The van der Waals surface area contributed by atoms with Gasteiger partial charge >= 0.3 is 5.97 Å². The highest BCUT2D eigenvalue weighted by atomic mass is 16.6. The number of ether oxygens (including phenoxy) is 2. The fourth-order valence-electron chi connectivity index (χ4n) is 2.70. The van der Waals surface area contributed by atoms with E-state index >= 15 is 0 Å². The number of hydrogen-bond donors (Lipinski definition) is 2. The van der Waals surface area contributed by atoms with Gasteiger partial charge in [0.2, 0.25) is 6.41 Å². The fourth-order valence-corrected chi connectivity index (χ4v) is 2.70. The van der Waals surface area contributed by atoms with Crippen LogP contribution in [0.3, 0.4) is 0 Å². The first-order valence-corrected chi connectivity index (χ1v) is 5.81. The molecule has 2 saturated heterocycles. The number of nitrogens with one attached hydrogen (secondary N) is 1. The molecular formula is C11H17NO5. The van der Waals surface area contributed by atoms with E-state index in [1.165, 1.54) is 0 Å². The molecule has 1 amide bonds. The zero-order valence-corrected chi connectivity index (χ0v) is 9.55. The Balaban J connectivity index is 2.04. The molecule has 2 fully saturated rings. The number of carbonyl (C=O) groups excluding carboxylic acids is 1. The molecule has 2 aliphatic rings. The number of carbonyl (C=O) groups is 2. The number of rotatable bonds is 4. The number of hydrogen-bond acceptors (Lipinski definition) is 4. The van der Waals surface area contributed by atoms with Crippen molar-refractivity contribution in [1.29, 1.82) is 0 Å². The molecule has 6 nitrogen and oxygen atoms in total. The molecular weight excluding hydrogens is 226 g/mol.